The quantitative estimate of drug-likeness (QED) is 0.430. The van der Waals surface area contributed by atoms with Gasteiger partial charge in [-0.3, -0.25) is 4.90 Å². The zero-order valence-corrected chi connectivity index (χ0v) is 8.06. The Morgan fingerprint density at radius 1 is 1.42 bits per heavy atom. The van der Waals surface area contributed by atoms with E-state index in [0.717, 1.165) is 26.1 Å². The van der Waals surface area contributed by atoms with E-state index in [1.165, 1.54) is 0 Å². The van der Waals surface area contributed by atoms with Crippen molar-refractivity contribution in [1.82, 2.24) is 10.2 Å². The molecule has 0 atom stereocenters. The average Bonchev–Trinajstić information content (AvgIpc) is 2.06. The summed E-state index contributed by atoms with van der Waals surface area (Å²) in [6, 6.07) is 0. The van der Waals surface area contributed by atoms with Crippen molar-refractivity contribution in [1.29, 1.82) is 0 Å². The van der Waals surface area contributed by atoms with E-state index in [1.54, 1.807) is 0 Å². The van der Waals surface area contributed by atoms with E-state index < -0.39 is 0 Å². The topological polar surface area (TPSA) is 41.3 Å². The molecule has 3 heteroatoms. The fourth-order valence-corrected chi connectivity index (χ4v) is 0.868. The van der Waals surface area contributed by atoms with Crippen molar-refractivity contribution in [3.8, 4) is 11.8 Å². The second kappa shape index (κ2) is 8.54. The summed E-state index contributed by atoms with van der Waals surface area (Å²) >= 11 is 0. The van der Waals surface area contributed by atoms with Gasteiger partial charge in [-0.1, -0.05) is 11.8 Å². The molecule has 0 fully saturated rings. The highest BCUT2D eigenvalue weighted by Gasteiger charge is 1.92. The van der Waals surface area contributed by atoms with Crippen LogP contribution in [-0.2, 0) is 0 Å². The summed E-state index contributed by atoms with van der Waals surface area (Å²) in [6.07, 6.45) is 1.16. The predicted molar refractivity (Wildman–Crippen MR) is 52.9 cm³/mol. The Labute approximate surface area is 75.3 Å². The van der Waals surface area contributed by atoms with E-state index >= 15 is 0 Å². The lowest BCUT2D eigenvalue weighted by atomic mass is 10.4. The first-order chi connectivity index (χ1) is 5.81. The maximum Gasteiger partial charge on any atom is 0.0599 e. The lowest BCUT2D eigenvalue weighted by molar-refractivity contribution is 0.367. The molecule has 0 spiro atoms. The maximum absolute atomic E-state index is 5.23. The molecule has 0 aliphatic rings. The first-order valence-corrected chi connectivity index (χ1v) is 4.30. The number of hydrogen-bond acceptors (Lipinski definition) is 3. The molecule has 0 unspecified atom stereocenters. The summed E-state index contributed by atoms with van der Waals surface area (Å²) in [6.45, 7) is 3.43. The monoisotopic (exact) mass is 169 g/mol. The fourth-order valence-electron chi connectivity index (χ4n) is 0.868. The normalized spacial score (nSPS) is 9.67. The highest BCUT2D eigenvalue weighted by Crippen LogP contribution is 1.83. The van der Waals surface area contributed by atoms with Crippen molar-refractivity contribution in [3.63, 3.8) is 0 Å². The number of hydrogen-bond donors (Lipinski definition) is 2. The Morgan fingerprint density at radius 3 is 2.75 bits per heavy atom. The lowest BCUT2D eigenvalue weighted by Crippen LogP contribution is -2.23. The molecule has 3 nitrogen and oxygen atoms in total. The molecule has 0 radical (unpaired) electrons. The van der Waals surface area contributed by atoms with Gasteiger partial charge in [0.1, 0.15) is 0 Å². The standard InChI is InChI=1S/C9H19N3/c1-11-7-5-9-12(2)8-4-3-6-10/h11H,5-10H2,1-2H3. The first kappa shape index (κ1) is 11.4. The van der Waals surface area contributed by atoms with Gasteiger partial charge in [0.25, 0.3) is 0 Å². The van der Waals surface area contributed by atoms with E-state index in [9.17, 15) is 0 Å². The number of rotatable bonds is 5. The van der Waals surface area contributed by atoms with Gasteiger partial charge in [0.05, 0.1) is 13.1 Å². The van der Waals surface area contributed by atoms with Gasteiger partial charge >= 0.3 is 0 Å². The molecular weight excluding hydrogens is 150 g/mol. The van der Waals surface area contributed by atoms with E-state index in [-0.39, 0.29) is 0 Å². The molecule has 0 rings (SSSR count). The Balaban J connectivity index is 3.27. The highest BCUT2D eigenvalue weighted by atomic mass is 15.1. The molecule has 0 bridgehead atoms. The Kier molecular flexibility index (Phi) is 8.14. The summed E-state index contributed by atoms with van der Waals surface area (Å²) in [5.74, 6) is 5.83. The van der Waals surface area contributed by atoms with Gasteiger partial charge in [-0.05, 0) is 33.6 Å². The van der Waals surface area contributed by atoms with E-state index in [0.29, 0.717) is 6.54 Å². The summed E-state index contributed by atoms with van der Waals surface area (Å²) in [4.78, 5) is 2.19. The minimum atomic E-state index is 0.463. The number of nitrogens with one attached hydrogen (secondary N) is 1. The third-order valence-corrected chi connectivity index (χ3v) is 1.54. The zero-order chi connectivity index (χ0) is 9.23. The molecule has 0 aromatic heterocycles. The van der Waals surface area contributed by atoms with E-state index in [4.69, 9.17) is 5.73 Å². The molecule has 0 amide bonds. The maximum atomic E-state index is 5.23. The molecule has 12 heavy (non-hydrogen) atoms. The van der Waals surface area contributed by atoms with Crippen LogP contribution in [0, 0.1) is 11.8 Å². The smallest absolute Gasteiger partial charge is 0.0599 e. The fraction of sp³-hybridized carbons (Fsp3) is 0.778. The van der Waals surface area contributed by atoms with Crippen LogP contribution in [-0.4, -0.2) is 45.2 Å². The summed E-state index contributed by atoms with van der Waals surface area (Å²) in [7, 11) is 4.04. The number of nitrogens with two attached hydrogens (primary N) is 1. The first-order valence-electron chi connectivity index (χ1n) is 4.30. The molecular formula is C9H19N3. The van der Waals surface area contributed by atoms with Crippen molar-refractivity contribution < 1.29 is 0 Å². The van der Waals surface area contributed by atoms with Crippen molar-refractivity contribution in [2.75, 3.05) is 40.3 Å². The SMILES string of the molecule is CNCCCN(C)CC#CCN. The van der Waals surface area contributed by atoms with Crippen LogP contribution >= 0.6 is 0 Å². The summed E-state index contributed by atoms with van der Waals surface area (Å²) in [5, 5.41) is 3.11. The minimum Gasteiger partial charge on any atom is -0.320 e. The van der Waals surface area contributed by atoms with Crippen LogP contribution in [0.3, 0.4) is 0 Å². The van der Waals surface area contributed by atoms with Gasteiger partial charge in [0.15, 0.2) is 0 Å². The van der Waals surface area contributed by atoms with E-state index in [1.807, 2.05) is 7.05 Å². The van der Waals surface area contributed by atoms with Crippen LogP contribution in [0.4, 0.5) is 0 Å². The van der Waals surface area contributed by atoms with Crippen LogP contribution in [0.1, 0.15) is 6.42 Å². The summed E-state index contributed by atoms with van der Waals surface area (Å²) in [5.41, 5.74) is 5.23. The van der Waals surface area contributed by atoms with Crippen molar-refractivity contribution >= 4 is 0 Å². The third kappa shape index (κ3) is 7.55. The average molecular weight is 169 g/mol. The number of nitrogens with zero attached hydrogens (tertiary/aromatic N) is 1. The molecule has 0 aromatic carbocycles. The third-order valence-electron chi connectivity index (χ3n) is 1.54. The van der Waals surface area contributed by atoms with Gasteiger partial charge < -0.3 is 11.1 Å². The Bertz CT molecular complexity index is 146. The van der Waals surface area contributed by atoms with Crippen LogP contribution in [0.2, 0.25) is 0 Å². The molecule has 0 aliphatic carbocycles. The second-order valence-corrected chi connectivity index (χ2v) is 2.75. The largest absolute Gasteiger partial charge is 0.320 e. The lowest BCUT2D eigenvalue weighted by Gasteiger charge is -2.11. The molecule has 3 N–H and O–H groups in total. The molecule has 0 saturated carbocycles. The van der Waals surface area contributed by atoms with Gasteiger partial charge in [0.2, 0.25) is 0 Å². The molecule has 0 saturated heterocycles. The predicted octanol–water partition coefficient (Wildman–Crippen LogP) is -0.510. The van der Waals surface area contributed by atoms with Gasteiger partial charge in [-0.15, -0.1) is 0 Å². The zero-order valence-electron chi connectivity index (χ0n) is 8.06. The van der Waals surface area contributed by atoms with Gasteiger partial charge in [0, 0.05) is 0 Å². The minimum absolute atomic E-state index is 0.463. The van der Waals surface area contributed by atoms with Crippen LogP contribution in [0.25, 0.3) is 0 Å². The Morgan fingerprint density at radius 2 is 2.17 bits per heavy atom. The van der Waals surface area contributed by atoms with E-state index in [2.05, 4.69) is 29.1 Å². The Hall–Kier alpha value is -0.560. The van der Waals surface area contributed by atoms with Crippen molar-refractivity contribution in [2.45, 2.75) is 6.42 Å². The van der Waals surface area contributed by atoms with Crippen LogP contribution < -0.4 is 11.1 Å². The second-order valence-electron chi connectivity index (χ2n) is 2.75. The van der Waals surface area contributed by atoms with Crippen molar-refractivity contribution in [2.24, 2.45) is 5.73 Å². The van der Waals surface area contributed by atoms with Gasteiger partial charge in [-0.25, -0.2) is 0 Å². The molecule has 0 aromatic rings. The highest BCUT2D eigenvalue weighted by molar-refractivity contribution is 5.01. The molecule has 0 heterocycles. The molecule has 70 valence electrons. The van der Waals surface area contributed by atoms with Crippen molar-refractivity contribution in [3.05, 3.63) is 0 Å². The molecule has 0 aliphatic heterocycles. The van der Waals surface area contributed by atoms with Crippen LogP contribution in [0.15, 0.2) is 0 Å². The van der Waals surface area contributed by atoms with Crippen LogP contribution in [0.5, 0.6) is 0 Å². The van der Waals surface area contributed by atoms with Gasteiger partial charge in [-0.2, -0.15) is 0 Å². The summed E-state index contributed by atoms with van der Waals surface area (Å²) < 4.78 is 0.